The zero-order chi connectivity index (χ0) is 13.1. The Morgan fingerprint density at radius 3 is 2.50 bits per heavy atom. The summed E-state index contributed by atoms with van der Waals surface area (Å²) in [6.07, 6.45) is 2.98. The molecule has 1 aromatic carbocycles. The summed E-state index contributed by atoms with van der Waals surface area (Å²) in [6.45, 7) is -0.345. The van der Waals surface area contributed by atoms with Crippen LogP contribution in [-0.4, -0.2) is 27.3 Å². The van der Waals surface area contributed by atoms with Gasteiger partial charge in [0.25, 0.3) is 0 Å². The average molecular weight is 248 g/mol. The van der Waals surface area contributed by atoms with Crippen LogP contribution in [-0.2, 0) is 11.3 Å². The van der Waals surface area contributed by atoms with E-state index < -0.39 is 5.97 Å². The van der Waals surface area contributed by atoms with Gasteiger partial charge in [0.2, 0.25) is 0 Å². The van der Waals surface area contributed by atoms with Crippen LogP contribution in [0.3, 0.4) is 0 Å². The normalized spacial score (nSPS) is 10.3. The van der Waals surface area contributed by atoms with Crippen LogP contribution in [0.15, 0.2) is 41.5 Å². The molecular formula is C12H12N2O4. The van der Waals surface area contributed by atoms with E-state index in [2.05, 4.69) is 0 Å². The molecule has 0 radical (unpaired) electrons. The van der Waals surface area contributed by atoms with Crippen LogP contribution in [0.5, 0.6) is 5.75 Å². The Hall–Kier alpha value is -2.50. The van der Waals surface area contributed by atoms with Crippen LogP contribution in [0.2, 0.25) is 0 Å². The molecular weight excluding hydrogens is 236 g/mol. The van der Waals surface area contributed by atoms with Crippen molar-refractivity contribution in [1.82, 2.24) is 9.13 Å². The number of imidazole rings is 1. The Labute approximate surface area is 103 Å². The number of carbonyl (C=O) groups is 1. The Morgan fingerprint density at radius 1 is 1.28 bits per heavy atom. The maximum absolute atomic E-state index is 11.9. The second-order valence-corrected chi connectivity index (χ2v) is 3.67. The van der Waals surface area contributed by atoms with E-state index in [0.717, 1.165) is 4.57 Å². The first kappa shape index (κ1) is 12.0. The fourth-order valence-electron chi connectivity index (χ4n) is 1.62. The van der Waals surface area contributed by atoms with Gasteiger partial charge in [-0.05, 0) is 24.3 Å². The van der Waals surface area contributed by atoms with Gasteiger partial charge in [-0.1, -0.05) is 0 Å². The van der Waals surface area contributed by atoms with E-state index in [1.165, 1.54) is 17.0 Å². The highest BCUT2D eigenvalue weighted by molar-refractivity contribution is 5.66. The molecule has 0 bridgehead atoms. The van der Waals surface area contributed by atoms with Crippen molar-refractivity contribution < 1.29 is 14.6 Å². The van der Waals surface area contributed by atoms with E-state index in [9.17, 15) is 9.59 Å². The Morgan fingerprint density at radius 2 is 1.94 bits per heavy atom. The van der Waals surface area contributed by atoms with E-state index in [1.807, 2.05) is 0 Å². The highest BCUT2D eigenvalue weighted by Crippen LogP contribution is 2.13. The van der Waals surface area contributed by atoms with Crippen molar-refractivity contribution in [3.05, 3.63) is 47.1 Å². The van der Waals surface area contributed by atoms with Crippen LogP contribution in [0.25, 0.3) is 5.69 Å². The third kappa shape index (κ3) is 2.27. The molecule has 6 nitrogen and oxygen atoms in total. The first-order valence-corrected chi connectivity index (χ1v) is 5.26. The largest absolute Gasteiger partial charge is 0.497 e. The van der Waals surface area contributed by atoms with Gasteiger partial charge in [-0.2, -0.15) is 0 Å². The van der Waals surface area contributed by atoms with Crippen molar-refractivity contribution in [2.75, 3.05) is 7.11 Å². The van der Waals surface area contributed by atoms with Crippen LogP contribution in [0.1, 0.15) is 0 Å². The molecule has 0 amide bonds. The predicted octanol–water partition coefficient (Wildman–Crippen LogP) is 0.732. The second-order valence-electron chi connectivity index (χ2n) is 3.67. The van der Waals surface area contributed by atoms with E-state index in [1.54, 1.807) is 31.4 Å². The number of benzene rings is 1. The minimum Gasteiger partial charge on any atom is -0.497 e. The van der Waals surface area contributed by atoms with E-state index >= 15 is 0 Å². The second kappa shape index (κ2) is 4.79. The van der Waals surface area contributed by atoms with Gasteiger partial charge in [0, 0.05) is 12.4 Å². The molecule has 0 atom stereocenters. The van der Waals surface area contributed by atoms with Gasteiger partial charge in [-0.25, -0.2) is 4.79 Å². The van der Waals surface area contributed by atoms with Gasteiger partial charge < -0.3 is 9.84 Å². The molecule has 2 aromatic rings. The van der Waals surface area contributed by atoms with Crippen molar-refractivity contribution in [3.8, 4) is 11.4 Å². The SMILES string of the molecule is COc1ccc(-n2ccn(CC(=O)O)c2=O)cc1. The van der Waals surface area contributed by atoms with Crippen molar-refractivity contribution in [2.45, 2.75) is 6.54 Å². The fourth-order valence-corrected chi connectivity index (χ4v) is 1.62. The standard InChI is InChI=1S/C12H12N2O4/c1-18-10-4-2-9(3-5-10)14-7-6-13(12(14)17)8-11(15)16/h2-7H,8H2,1H3,(H,15,16). The lowest BCUT2D eigenvalue weighted by Crippen LogP contribution is -2.25. The minimum absolute atomic E-state index is 0.345. The summed E-state index contributed by atoms with van der Waals surface area (Å²) in [6, 6.07) is 6.92. The average Bonchev–Trinajstić information content (AvgIpc) is 2.71. The molecule has 0 aliphatic carbocycles. The van der Waals surface area contributed by atoms with Gasteiger partial charge in [-0.3, -0.25) is 13.9 Å². The molecule has 18 heavy (non-hydrogen) atoms. The number of aromatic nitrogens is 2. The van der Waals surface area contributed by atoms with Gasteiger partial charge in [0.05, 0.1) is 12.8 Å². The number of nitrogens with zero attached hydrogens (tertiary/aromatic N) is 2. The Bertz CT molecular complexity index is 610. The number of rotatable bonds is 4. The van der Waals surface area contributed by atoms with Gasteiger partial charge in [0.15, 0.2) is 0 Å². The van der Waals surface area contributed by atoms with Crippen LogP contribution < -0.4 is 10.4 Å². The summed E-state index contributed by atoms with van der Waals surface area (Å²) in [5.74, 6) is -0.360. The molecule has 0 aliphatic heterocycles. The summed E-state index contributed by atoms with van der Waals surface area (Å²) in [5.41, 5.74) is 0.271. The third-order valence-corrected chi connectivity index (χ3v) is 2.50. The summed E-state index contributed by atoms with van der Waals surface area (Å²) in [5, 5.41) is 8.65. The molecule has 1 aromatic heterocycles. The highest BCUT2D eigenvalue weighted by atomic mass is 16.5. The van der Waals surface area contributed by atoms with E-state index in [4.69, 9.17) is 9.84 Å². The van der Waals surface area contributed by atoms with Gasteiger partial charge in [0.1, 0.15) is 12.3 Å². The fraction of sp³-hybridized carbons (Fsp3) is 0.167. The first-order chi connectivity index (χ1) is 8.61. The predicted molar refractivity (Wildman–Crippen MR) is 64.2 cm³/mol. The zero-order valence-electron chi connectivity index (χ0n) is 9.74. The molecule has 0 saturated carbocycles. The molecule has 1 heterocycles. The summed E-state index contributed by atoms with van der Waals surface area (Å²) in [7, 11) is 1.56. The minimum atomic E-state index is -1.05. The molecule has 0 aliphatic rings. The molecule has 0 saturated heterocycles. The molecule has 2 rings (SSSR count). The number of hydrogen-bond acceptors (Lipinski definition) is 3. The Kier molecular flexibility index (Phi) is 3.18. The van der Waals surface area contributed by atoms with Gasteiger partial charge in [-0.15, -0.1) is 0 Å². The van der Waals surface area contributed by atoms with Crippen LogP contribution in [0.4, 0.5) is 0 Å². The lowest BCUT2D eigenvalue weighted by molar-refractivity contribution is -0.137. The summed E-state index contributed by atoms with van der Waals surface area (Å²) in [4.78, 5) is 22.5. The molecule has 0 unspecified atom stereocenters. The van der Waals surface area contributed by atoms with Crippen LogP contribution >= 0.6 is 0 Å². The number of hydrogen-bond donors (Lipinski definition) is 1. The number of aliphatic carboxylic acids is 1. The van der Waals surface area contributed by atoms with Crippen LogP contribution in [0, 0.1) is 0 Å². The first-order valence-electron chi connectivity index (χ1n) is 5.26. The van der Waals surface area contributed by atoms with E-state index in [0.29, 0.717) is 11.4 Å². The molecule has 6 heteroatoms. The third-order valence-electron chi connectivity index (χ3n) is 2.50. The highest BCUT2D eigenvalue weighted by Gasteiger charge is 2.07. The number of carboxylic acids is 1. The lowest BCUT2D eigenvalue weighted by Gasteiger charge is -2.03. The summed E-state index contributed by atoms with van der Waals surface area (Å²) < 4.78 is 7.53. The van der Waals surface area contributed by atoms with Crippen molar-refractivity contribution in [3.63, 3.8) is 0 Å². The number of methoxy groups -OCH3 is 1. The maximum atomic E-state index is 11.9. The maximum Gasteiger partial charge on any atom is 0.333 e. The number of ether oxygens (including phenoxy) is 1. The van der Waals surface area contributed by atoms with Crippen molar-refractivity contribution in [2.24, 2.45) is 0 Å². The van der Waals surface area contributed by atoms with E-state index in [-0.39, 0.29) is 12.2 Å². The monoisotopic (exact) mass is 248 g/mol. The molecule has 0 spiro atoms. The van der Waals surface area contributed by atoms with Crippen molar-refractivity contribution in [1.29, 1.82) is 0 Å². The molecule has 0 fully saturated rings. The Balaban J connectivity index is 2.36. The lowest BCUT2D eigenvalue weighted by atomic mass is 10.3. The molecule has 94 valence electrons. The zero-order valence-corrected chi connectivity index (χ0v) is 9.74. The summed E-state index contributed by atoms with van der Waals surface area (Å²) >= 11 is 0. The topological polar surface area (TPSA) is 73.5 Å². The quantitative estimate of drug-likeness (QED) is 0.865. The number of carboxylic acid groups (broad SMARTS) is 1. The van der Waals surface area contributed by atoms with Crippen molar-refractivity contribution >= 4 is 5.97 Å². The van der Waals surface area contributed by atoms with Gasteiger partial charge >= 0.3 is 11.7 Å². The smallest absolute Gasteiger partial charge is 0.333 e. The molecule has 1 N–H and O–H groups in total.